The number of hydrogen-bond donors (Lipinski definition) is 2. The van der Waals surface area contributed by atoms with Crippen LogP contribution in [-0.4, -0.2) is 40.6 Å². The lowest BCUT2D eigenvalue weighted by Crippen LogP contribution is -2.51. The van der Waals surface area contributed by atoms with Crippen molar-refractivity contribution < 1.29 is 14.3 Å². The quantitative estimate of drug-likeness (QED) is 0.875. The monoisotopic (exact) mass is 320 g/mol. The normalized spacial score (nSPS) is 21.3. The van der Waals surface area contributed by atoms with E-state index >= 15 is 0 Å². The minimum Gasteiger partial charge on any atom is -0.470 e. The number of nitrogen functional groups attached to an aromatic ring is 1. The fourth-order valence-corrected chi connectivity index (χ4v) is 2.82. The van der Waals surface area contributed by atoms with E-state index in [-0.39, 0.29) is 23.9 Å². The molecule has 2 aromatic rings. The van der Waals surface area contributed by atoms with Crippen molar-refractivity contribution >= 4 is 23.3 Å². The number of pyridine rings is 1. The molecule has 116 valence electrons. The van der Waals surface area contributed by atoms with E-state index in [1.165, 1.54) is 0 Å². The number of carbonyl (C=O) groups excluding carboxylic acids is 1. The van der Waals surface area contributed by atoms with Gasteiger partial charge in [0.1, 0.15) is 11.9 Å². The van der Waals surface area contributed by atoms with Gasteiger partial charge in [0.25, 0.3) is 5.91 Å². The summed E-state index contributed by atoms with van der Waals surface area (Å²) >= 11 is 1.16. The SMILES string of the molecule is Nc1nscc1C(=O)N[C@@H]1CCOC[C@H]1Oc1ccccn1. The summed E-state index contributed by atoms with van der Waals surface area (Å²) in [5.74, 6) is 0.512. The predicted octanol–water partition coefficient (Wildman–Crippen LogP) is 1.09. The molecule has 0 radical (unpaired) electrons. The van der Waals surface area contributed by atoms with Gasteiger partial charge < -0.3 is 20.5 Å². The third kappa shape index (κ3) is 3.34. The molecule has 0 spiro atoms. The molecule has 0 aromatic carbocycles. The lowest BCUT2D eigenvalue weighted by molar-refractivity contribution is -0.0152. The highest BCUT2D eigenvalue weighted by atomic mass is 32.1. The first-order valence-electron chi connectivity index (χ1n) is 6.90. The van der Waals surface area contributed by atoms with Crippen LogP contribution in [0.25, 0.3) is 0 Å². The van der Waals surface area contributed by atoms with Crippen LogP contribution in [0.15, 0.2) is 29.8 Å². The predicted molar refractivity (Wildman–Crippen MR) is 81.9 cm³/mol. The van der Waals surface area contributed by atoms with E-state index in [1.54, 1.807) is 17.6 Å². The number of nitrogens with two attached hydrogens (primary N) is 1. The van der Waals surface area contributed by atoms with Crippen LogP contribution in [0.5, 0.6) is 5.88 Å². The van der Waals surface area contributed by atoms with Gasteiger partial charge in [0.2, 0.25) is 5.88 Å². The standard InChI is InChI=1S/C14H16N4O3S/c15-13-9(8-22-18-13)14(19)17-10-4-6-20-7-11(10)21-12-3-1-2-5-16-12/h1-3,5,8,10-11H,4,6-7H2,(H2,15,18)(H,17,19)/t10-,11-/m1/s1. The molecule has 2 atom stereocenters. The number of nitrogens with one attached hydrogen (secondary N) is 1. The highest BCUT2D eigenvalue weighted by Crippen LogP contribution is 2.17. The summed E-state index contributed by atoms with van der Waals surface area (Å²) in [4.78, 5) is 16.4. The molecule has 0 saturated carbocycles. The molecular formula is C14H16N4O3S. The highest BCUT2D eigenvalue weighted by molar-refractivity contribution is 7.04. The molecular weight excluding hydrogens is 304 g/mol. The number of amides is 1. The topological polar surface area (TPSA) is 99.4 Å². The zero-order valence-electron chi connectivity index (χ0n) is 11.8. The van der Waals surface area contributed by atoms with Gasteiger partial charge in [-0.3, -0.25) is 4.79 Å². The molecule has 22 heavy (non-hydrogen) atoms. The number of nitrogens with zero attached hydrogens (tertiary/aromatic N) is 2. The third-order valence-corrected chi connectivity index (χ3v) is 4.02. The molecule has 3 N–H and O–H groups in total. The van der Waals surface area contributed by atoms with Crippen LogP contribution < -0.4 is 15.8 Å². The van der Waals surface area contributed by atoms with Gasteiger partial charge in [-0.25, -0.2) is 4.98 Å². The van der Waals surface area contributed by atoms with Crippen LogP contribution in [0.2, 0.25) is 0 Å². The Bertz CT molecular complexity index is 634. The van der Waals surface area contributed by atoms with Crippen molar-refractivity contribution in [1.82, 2.24) is 14.7 Å². The van der Waals surface area contributed by atoms with Gasteiger partial charge in [0.05, 0.1) is 18.2 Å². The van der Waals surface area contributed by atoms with E-state index in [0.29, 0.717) is 31.1 Å². The average molecular weight is 320 g/mol. The van der Waals surface area contributed by atoms with E-state index in [9.17, 15) is 4.79 Å². The van der Waals surface area contributed by atoms with Crippen molar-refractivity contribution in [2.45, 2.75) is 18.6 Å². The molecule has 0 aliphatic carbocycles. The van der Waals surface area contributed by atoms with Gasteiger partial charge in [0, 0.05) is 24.3 Å². The van der Waals surface area contributed by atoms with Crippen molar-refractivity contribution in [3.05, 3.63) is 35.3 Å². The summed E-state index contributed by atoms with van der Waals surface area (Å²) in [6.07, 6.45) is 2.03. The molecule has 3 heterocycles. The Morgan fingerprint density at radius 2 is 2.41 bits per heavy atom. The Labute approximate surface area is 131 Å². The average Bonchev–Trinajstić information content (AvgIpc) is 2.96. The fourth-order valence-electron chi connectivity index (χ4n) is 2.23. The van der Waals surface area contributed by atoms with Crippen LogP contribution in [0.3, 0.4) is 0 Å². The molecule has 3 rings (SSSR count). The van der Waals surface area contributed by atoms with Gasteiger partial charge in [-0.2, -0.15) is 4.37 Å². The van der Waals surface area contributed by atoms with Crippen LogP contribution in [0.1, 0.15) is 16.8 Å². The van der Waals surface area contributed by atoms with Gasteiger partial charge >= 0.3 is 0 Å². The summed E-state index contributed by atoms with van der Waals surface area (Å²) < 4.78 is 15.2. The molecule has 1 fully saturated rings. The van der Waals surface area contributed by atoms with E-state index in [1.807, 2.05) is 12.1 Å². The molecule has 0 bridgehead atoms. The second-order valence-corrected chi connectivity index (χ2v) is 5.51. The molecule has 1 aliphatic rings. The summed E-state index contributed by atoms with van der Waals surface area (Å²) in [5, 5.41) is 4.58. The van der Waals surface area contributed by atoms with Crippen LogP contribution in [0, 0.1) is 0 Å². The molecule has 7 nitrogen and oxygen atoms in total. The van der Waals surface area contributed by atoms with E-state index in [2.05, 4.69) is 14.7 Å². The minimum atomic E-state index is -0.291. The first kappa shape index (κ1) is 14.7. The Morgan fingerprint density at radius 1 is 1.50 bits per heavy atom. The summed E-state index contributed by atoms with van der Waals surface area (Å²) in [5.41, 5.74) is 6.07. The Hall–Kier alpha value is -2.19. The number of anilines is 1. The Kier molecular flexibility index (Phi) is 4.50. The van der Waals surface area contributed by atoms with Crippen molar-refractivity contribution in [3.63, 3.8) is 0 Å². The zero-order valence-corrected chi connectivity index (χ0v) is 12.6. The third-order valence-electron chi connectivity index (χ3n) is 3.37. The number of rotatable bonds is 4. The largest absolute Gasteiger partial charge is 0.470 e. The Balaban J connectivity index is 1.67. The van der Waals surface area contributed by atoms with E-state index in [4.69, 9.17) is 15.2 Å². The molecule has 0 unspecified atom stereocenters. The maximum absolute atomic E-state index is 12.3. The minimum absolute atomic E-state index is 0.164. The first-order chi connectivity index (χ1) is 10.7. The Morgan fingerprint density at radius 3 is 3.14 bits per heavy atom. The maximum atomic E-state index is 12.3. The van der Waals surface area contributed by atoms with Gasteiger partial charge in [-0.1, -0.05) is 6.07 Å². The van der Waals surface area contributed by atoms with Gasteiger partial charge in [0.15, 0.2) is 0 Å². The highest BCUT2D eigenvalue weighted by Gasteiger charge is 2.30. The summed E-state index contributed by atoms with van der Waals surface area (Å²) in [6.45, 7) is 0.975. The second-order valence-electron chi connectivity index (χ2n) is 4.88. The smallest absolute Gasteiger partial charge is 0.256 e. The van der Waals surface area contributed by atoms with E-state index in [0.717, 1.165) is 11.5 Å². The van der Waals surface area contributed by atoms with Crippen molar-refractivity contribution in [2.24, 2.45) is 0 Å². The second kappa shape index (κ2) is 6.71. The fraction of sp³-hybridized carbons (Fsp3) is 0.357. The van der Waals surface area contributed by atoms with Crippen molar-refractivity contribution in [2.75, 3.05) is 18.9 Å². The molecule has 1 amide bonds. The lowest BCUT2D eigenvalue weighted by atomic mass is 10.1. The van der Waals surface area contributed by atoms with Gasteiger partial charge in [-0.15, -0.1) is 0 Å². The number of ether oxygens (including phenoxy) is 2. The first-order valence-corrected chi connectivity index (χ1v) is 7.74. The zero-order chi connectivity index (χ0) is 15.4. The molecule has 1 aliphatic heterocycles. The van der Waals surface area contributed by atoms with Crippen LogP contribution in [0.4, 0.5) is 5.82 Å². The number of aromatic nitrogens is 2. The van der Waals surface area contributed by atoms with Crippen LogP contribution >= 0.6 is 11.5 Å². The lowest BCUT2D eigenvalue weighted by Gasteiger charge is -2.31. The molecule has 2 aromatic heterocycles. The van der Waals surface area contributed by atoms with Crippen molar-refractivity contribution in [3.8, 4) is 5.88 Å². The molecule has 8 heteroatoms. The number of carbonyl (C=O) groups is 1. The van der Waals surface area contributed by atoms with Crippen LogP contribution in [-0.2, 0) is 4.74 Å². The van der Waals surface area contributed by atoms with Crippen molar-refractivity contribution in [1.29, 1.82) is 0 Å². The summed E-state index contributed by atoms with van der Waals surface area (Å²) in [7, 11) is 0. The maximum Gasteiger partial charge on any atom is 0.256 e. The number of hydrogen-bond acceptors (Lipinski definition) is 7. The molecule has 1 saturated heterocycles. The van der Waals surface area contributed by atoms with Gasteiger partial charge in [-0.05, 0) is 24.0 Å². The summed E-state index contributed by atoms with van der Waals surface area (Å²) in [6, 6.07) is 5.27. The van der Waals surface area contributed by atoms with E-state index < -0.39 is 0 Å².